The Balaban J connectivity index is 1.29. The second-order valence-electron chi connectivity index (χ2n) is 11.5. The van der Waals surface area contributed by atoms with Crippen molar-refractivity contribution in [3.05, 3.63) is 163 Å². The topological polar surface area (TPSA) is 46.5 Å². The van der Waals surface area contributed by atoms with Gasteiger partial charge in [0.05, 0.1) is 35.0 Å². The van der Waals surface area contributed by atoms with E-state index in [1.54, 1.807) is 18.3 Å². The molecule has 0 radical (unpaired) electrons. The summed E-state index contributed by atoms with van der Waals surface area (Å²) >= 11 is 0. The van der Waals surface area contributed by atoms with Crippen LogP contribution in [0.15, 0.2) is 151 Å². The maximum absolute atomic E-state index is 14.6. The number of fused-ring (bicyclic) bond motifs is 10. The molecule has 0 amide bonds. The summed E-state index contributed by atoms with van der Waals surface area (Å²) in [6.45, 7) is 4.15. The highest BCUT2D eigenvalue weighted by Gasteiger charge is 2.41. The van der Waals surface area contributed by atoms with Crippen molar-refractivity contribution >= 4 is 44.2 Å². The summed E-state index contributed by atoms with van der Waals surface area (Å²) in [6.07, 6.45) is 21.0. The lowest BCUT2D eigenvalue weighted by Crippen LogP contribution is -2.52. The predicted molar refractivity (Wildman–Crippen MR) is 181 cm³/mol. The van der Waals surface area contributed by atoms with Crippen molar-refractivity contribution in [2.24, 2.45) is 10.7 Å². The number of halogens is 1. The molecule has 5 aromatic rings. The highest BCUT2D eigenvalue weighted by Crippen LogP contribution is 2.43. The molecule has 2 heterocycles. The van der Waals surface area contributed by atoms with Crippen LogP contribution in [0.1, 0.15) is 23.0 Å². The molecule has 8 rings (SSSR count). The van der Waals surface area contributed by atoms with Crippen LogP contribution < -0.4 is 5.73 Å². The van der Waals surface area contributed by atoms with Gasteiger partial charge in [-0.15, -0.1) is 0 Å². The van der Waals surface area contributed by atoms with Crippen molar-refractivity contribution in [1.82, 2.24) is 9.47 Å². The van der Waals surface area contributed by atoms with Crippen molar-refractivity contribution in [2.75, 3.05) is 0 Å². The Kier molecular flexibility index (Phi) is 6.19. The molecule has 0 fully saturated rings. The number of hydrogen-bond donors (Lipinski definition) is 1. The number of nitrogens with two attached hydrogens (primary N) is 1. The van der Waals surface area contributed by atoms with E-state index < -0.39 is 0 Å². The lowest BCUT2D eigenvalue weighted by atomic mass is 9.82. The molecule has 214 valence electrons. The van der Waals surface area contributed by atoms with Gasteiger partial charge in [-0.3, -0.25) is 0 Å². The van der Waals surface area contributed by atoms with E-state index in [2.05, 4.69) is 113 Å². The molecule has 2 aliphatic carbocycles. The summed E-state index contributed by atoms with van der Waals surface area (Å²) in [5.41, 5.74) is 12.2. The minimum Gasteiger partial charge on any atom is -0.369 e. The van der Waals surface area contributed by atoms with Crippen LogP contribution in [0.4, 0.5) is 4.39 Å². The van der Waals surface area contributed by atoms with Gasteiger partial charge >= 0.3 is 0 Å². The fourth-order valence-electron chi connectivity index (χ4n) is 7.36. The summed E-state index contributed by atoms with van der Waals surface area (Å²) in [4.78, 5) is 7.18. The van der Waals surface area contributed by atoms with E-state index in [4.69, 9.17) is 10.7 Å². The molecule has 3 aliphatic rings. The zero-order chi connectivity index (χ0) is 29.8. The van der Waals surface area contributed by atoms with Crippen molar-refractivity contribution in [2.45, 2.75) is 23.9 Å². The van der Waals surface area contributed by atoms with E-state index in [0.717, 1.165) is 38.3 Å². The summed E-state index contributed by atoms with van der Waals surface area (Å²) in [6, 6.07) is 26.0. The van der Waals surface area contributed by atoms with Gasteiger partial charge in [0.15, 0.2) is 5.96 Å². The average molecular weight is 575 g/mol. The Hall–Kier alpha value is -5.42. The van der Waals surface area contributed by atoms with Gasteiger partial charge in [-0.25, -0.2) is 9.38 Å². The molecule has 0 saturated heterocycles. The smallest absolute Gasteiger partial charge is 0.197 e. The van der Waals surface area contributed by atoms with Crippen LogP contribution in [0.3, 0.4) is 0 Å². The van der Waals surface area contributed by atoms with Crippen molar-refractivity contribution in [1.29, 1.82) is 0 Å². The zero-order valence-corrected chi connectivity index (χ0v) is 24.1. The van der Waals surface area contributed by atoms with Crippen molar-refractivity contribution in [3.8, 4) is 0 Å². The third-order valence-corrected chi connectivity index (χ3v) is 9.25. The van der Waals surface area contributed by atoms with Crippen LogP contribution in [-0.2, 0) is 0 Å². The first kappa shape index (κ1) is 26.2. The zero-order valence-electron chi connectivity index (χ0n) is 24.1. The van der Waals surface area contributed by atoms with Gasteiger partial charge < -0.3 is 15.2 Å². The lowest BCUT2D eigenvalue weighted by molar-refractivity contribution is 0.282. The SMILES string of the molecule is C=C/C(=C\N=C(/N)N1C2C=CC=CC2c2ccccc2C2C=CC=CC21)n1c2ccc(F)cc2c2c3ccccc3ccc21. The number of nitrogens with zero attached hydrogens (tertiary/aromatic N) is 3. The van der Waals surface area contributed by atoms with Crippen LogP contribution in [0.2, 0.25) is 0 Å². The number of aromatic nitrogens is 1. The molecule has 4 unspecified atom stereocenters. The quantitative estimate of drug-likeness (QED) is 0.133. The number of guanidine groups is 1. The molecule has 44 heavy (non-hydrogen) atoms. The standard InChI is InChI=1S/C39H31FN4/c1-2-27(43-36-22-20-26(40)23-33(36)38-28-12-4-3-11-25(28)19-21-37(38)43)24-42-39(41)44-34-17-9-7-15-31(34)29-13-5-6-14-30(29)32-16-8-10-18-35(32)44/h2-24,31-32,34-35H,1H2,(H2,41,42)/b27-24+. The minimum absolute atomic E-state index is 0.000732. The fourth-order valence-corrected chi connectivity index (χ4v) is 7.36. The first-order valence-corrected chi connectivity index (χ1v) is 15.0. The fraction of sp³-hybridized carbons (Fsp3) is 0.103. The van der Waals surface area contributed by atoms with Crippen molar-refractivity contribution in [3.63, 3.8) is 0 Å². The molecule has 0 saturated carbocycles. The number of hydrogen-bond acceptors (Lipinski definition) is 1. The molecule has 0 spiro atoms. The van der Waals surface area contributed by atoms with Gasteiger partial charge in [0, 0.05) is 22.6 Å². The monoisotopic (exact) mass is 574 g/mol. The van der Waals surface area contributed by atoms with Crippen molar-refractivity contribution < 1.29 is 4.39 Å². The first-order chi connectivity index (χ1) is 21.6. The number of aliphatic imine (C=N–C) groups is 1. The van der Waals surface area contributed by atoms with Crippen LogP contribution in [0.5, 0.6) is 0 Å². The molecular weight excluding hydrogens is 543 g/mol. The van der Waals surface area contributed by atoms with Gasteiger partial charge in [-0.1, -0.05) is 110 Å². The number of rotatable bonds is 3. The second-order valence-corrected chi connectivity index (χ2v) is 11.5. The van der Waals surface area contributed by atoms with E-state index in [-0.39, 0.29) is 29.7 Å². The van der Waals surface area contributed by atoms with Gasteiger partial charge in [-0.2, -0.15) is 0 Å². The van der Waals surface area contributed by atoms with Gasteiger partial charge in [-0.05, 0) is 52.2 Å². The van der Waals surface area contributed by atoms with Gasteiger partial charge in [0.2, 0.25) is 0 Å². The largest absolute Gasteiger partial charge is 0.369 e. The number of benzene rings is 4. The summed E-state index contributed by atoms with van der Waals surface area (Å²) in [5.74, 6) is 0.437. The van der Waals surface area contributed by atoms with E-state index in [0.29, 0.717) is 5.96 Å². The Morgan fingerprint density at radius 2 is 1.39 bits per heavy atom. The Morgan fingerprint density at radius 3 is 2.09 bits per heavy atom. The maximum atomic E-state index is 14.6. The number of allylic oxidation sites excluding steroid dienone is 6. The third kappa shape index (κ3) is 4.00. The molecule has 4 atom stereocenters. The average Bonchev–Trinajstić information content (AvgIpc) is 3.32. The predicted octanol–water partition coefficient (Wildman–Crippen LogP) is 8.56. The van der Waals surface area contributed by atoms with Crippen LogP contribution in [0.25, 0.3) is 38.3 Å². The molecule has 1 aliphatic heterocycles. The first-order valence-electron chi connectivity index (χ1n) is 15.0. The van der Waals surface area contributed by atoms with Gasteiger partial charge in [0.1, 0.15) is 5.82 Å². The molecule has 5 heteroatoms. The second kappa shape index (κ2) is 10.4. The molecule has 2 N–H and O–H groups in total. The Bertz CT molecular complexity index is 2100. The molecule has 0 bridgehead atoms. The summed E-state index contributed by atoms with van der Waals surface area (Å²) < 4.78 is 16.7. The van der Waals surface area contributed by atoms with Gasteiger partial charge in [0.25, 0.3) is 0 Å². The normalized spacial score (nSPS) is 22.7. The highest BCUT2D eigenvalue weighted by atomic mass is 19.1. The summed E-state index contributed by atoms with van der Waals surface area (Å²) in [5, 5.41) is 4.01. The highest BCUT2D eigenvalue weighted by molar-refractivity contribution is 6.21. The van der Waals surface area contributed by atoms with E-state index in [1.165, 1.54) is 17.2 Å². The maximum Gasteiger partial charge on any atom is 0.197 e. The van der Waals surface area contributed by atoms with E-state index in [9.17, 15) is 4.39 Å². The molecule has 1 aromatic heterocycles. The van der Waals surface area contributed by atoms with E-state index >= 15 is 0 Å². The minimum atomic E-state index is -0.272. The lowest BCUT2D eigenvalue weighted by Gasteiger charge is -2.40. The van der Waals surface area contributed by atoms with E-state index in [1.807, 2.05) is 18.2 Å². The van der Waals surface area contributed by atoms with Crippen LogP contribution in [0, 0.1) is 5.82 Å². The summed E-state index contributed by atoms with van der Waals surface area (Å²) in [7, 11) is 0. The van der Waals surface area contributed by atoms with Crippen LogP contribution in [-0.4, -0.2) is 27.5 Å². The molecular formula is C39H31FN4. The Morgan fingerprint density at radius 1 is 0.750 bits per heavy atom. The Labute approximate surface area is 255 Å². The molecule has 4 aromatic carbocycles. The van der Waals surface area contributed by atoms with Crippen LogP contribution >= 0.6 is 0 Å². The molecule has 4 nitrogen and oxygen atoms in total. The third-order valence-electron chi connectivity index (χ3n) is 9.25.